The van der Waals surface area contributed by atoms with Gasteiger partial charge >= 0.3 is 0 Å². The molecule has 1 aliphatic heterocycles. The summed E-state index contributed by atoms with van der Waals surface area (Å²) in [5, 5.41) is 3.39. The molecule has 0 unspecified atom stereocenters. The lowest BCUT2D eigenvalue weighted by Crippen LogP contribution is -2.24. The van der Waals surface area contributed by atoms with E-state index in [2.05, 4.69) is 10.3 Å². The summed E-state index contributed by atoms with van der Waals surface area (Å²) in [5.41, 5.74) is 1.75. The smallest absolute Gasteiger partial charge is 0.261 e. The van der Waals surface area contributed by atoms with Crippen molar-refractivity contribution in [2.45, 2.75) is 32.2 Å². The van der Waals surface area contributed by atoms with Crippen LogP contribution in [0.25, 0.3) is 10.9 Å². The van der Waals surface area contributed by atoms with E-state index < -0.39 is 0 Å². The van der Waals surface area contributed by atoms with Gasteiger partial charge in [-0.2, -0.15) is 0 Å². The second-order valence-corrected chi connectivity index (χ2v) is 6.71. The number of fused-ring (bicyclic) bond motifs is 2. The first kappa shape index (κ1) is 17.3. The average molecular weight is 363 g/mol. The van der Waals surface area contributed by atoms with Gasteiger partial charge < -0.3 is 10.1 Å². The fraction of sp³-hybridized carbons (Fsp3) is 0.286. The summed E-state index contributed by atoms with van der Waals surface area (Å²) in [5.74, 6) is 1.32. The lowest BCUT2D eigenvalue weighted by molar-refractivity contribution is 0.102. The van der Waals surface area contributed by atoms with Crippen LogP contribution in [-0.4, -0.2) is 22.6 Å². The van der Waals surface area contributed by atoms with Gasteiger partial charge in [0.25, 0.3) is 11.5 Å². The second-order valence-electron chi connectivity index (χ2n) is 6.71. The van der Waals surface area contributed by atoms with Crippen molar-refractivity contribution in [3.05, 3.63) is 64.2 Å². The SMILES string of the molecule is COc1ccc(C(=O)Nc2ccc3nc4n(c(=O)c3c2)CCCCC4)cc1. The third kappa shape index (κ3) is 3.43. The van der Waals surface area contributed by atoms with Crippen LogP contribution in [0.15, 0.2) is 47.3 Å². The maximum absolute atomic E-state index is 12.9. The van der Waals surface area contributed by atoms with Crippen LogP contribution in [0, 0.1) is 0 Å². The lowest BCUT2D eigenvalue weighted by Gasteiger charge is -2.11. The number of amides is 1. The molecular weight excluding hydrogens is 342 g/mol. The molecule has 1 aliphatic rings. The van der Waals surface area contributed by atoms with Gasteiger partial charge in [-0.1, -0.05) is 6.42 Å². The molecule has 0 atom stereocenters. The molecule has 27 heavy (non-hydrogen) atoms. The van der Waals surface area contributed by atoms with Gasteiger partial charge in [-0.3, -0.25) is 14.2 Å². The molecular formula is C21H21N3O3. The first-order chi connectivity index (χ1) is 13.2. The molecule has 6 nitrogen and oxygen atoms in total. The maximum Gasteiger partial charge on any atom is 0.261 e. The molecule has 0 radical (unpaired) electrons. The van der Waals surface area contributed by atoms with Gasteiger partial charge in [-0.25, -0.2) is 4.98 Å². The average Bonchev–Trinajstić information content (AvgIpc) is 2.94. The zero-order chi connectivity index (χ0) is 18.8. The molecule has 0 fully saturated rings. The summed E-state index contributed by atoms with van der Waals surface area (Å²) >= 11 is 0. The zero-order valence-electron chi connectivity index (χ0n) is 15.2. The van der Waals surface area contributed by atoms with Gasteiger partial charge in [0.1, 0.15) is 11.6 Å². The standard InChI is InChI=1S/C21H21N3O3/c1-27-16-9-6-14(7-10-16)20(25)22-15-8-11-18-17(13-15)21(26)24-12-4-2-3-5-19(24)23-18/h6-11,13H,2-5,12H2,1H3,(H,22,25). The molecule has 4 rings (SSSR count). The Morgan fingerprint density at radius 1 is 1.11 bits per heavy atom. The van der Waals surface area contributed by atoms with E-state index in [-0.39, 0.29) is 11.5 Å². The van der Waals surface area contributed by atoms with Crippen molar-refractivity contribution in [1.29, 1.82) is 0 Å². The van der Waals surface area contributed by atoms with Crippen LogP contribution in [0.1, 0.15) is 35.4 Å². The van der Waals surface area contributed by atoms with Crippen molar-refractivity contribution < 1.29 is 9.53 Å². The molecule has 6 heteroatoms. The second kappa shape index (κ2) is 7.23. The Hall–Kier alpha value is -3.15. The van der Waals surface area contributed by atoms with Gasteiger partial charge in [0.2, 0.25) is 0 Å². The van der Waals surface area contributed by atoms with Gasteiger partial charge in [0.05, 0.1) is 18.0 Å². The van der Waals surface area contributed by atoms with Gasteiger partial charge in [-0.05, 0) is 55.3 Å². The molecule has 0 saturated carbocycles. The summed E-state index contributed by atoms with van der Waals surface area (Å²) in [6, 6.07) is 12.2. The van der Waals surface area contributed by atoms with Crippen LogP contribution in [0.5, 0.6) is 5.75 Å². The number of methoxy groups -OCH3 is 1. The predicted octanol–water partition coefficient (Wildman–Crippen LogP) is 3.38. The summed E-state index contributed by atoms with van der Waals surface area (Å²) in [6.07, 6.45) is 4.01. The van der Waals surface area contributed by atoms with E-state index in [0.717, 1.165) is 31.5 Å². The largest absolute Gasteiger partial charge is 0.497 e. The summed E-state index contributed by atoms with van der Waals surface area (Å²) in [7, 11) is 1.58. The van der Waals surface area contributed by atoms with E-state index in [1.54, 1.807) is 54.1 Å². The molecule has 3 aromatic rings. The molecule has 2 heterocycles. The lowest BCUT2D eigenvalue weighted by atomic mass is 10.1. The highest BCUT2D eigenvalue weighted by atomic mass is 16.5. The molecule has 138 valence electrons. The maximum atomic E-state index is 12.9. The quantitative estimate of drug-likeness (QED) is 0.774. The minimum absolute atomic E-state index is 0.0301. The molecule has 1 N–H and O–H groups in total. The molecule has 0 aliphatic carbocycles. The minimum Gasteiger partial charge on any atom is -0.497 e. The summed E-state index contributed by atoms with van der Waals surface area (Å²) in [6.45, 7) is 0.708. The number of aromatic nitrogens is 2. The van der Waals surface area contributed by atoms with Crippen molar-refractivity contribution >= 4 is 22.5 Å². The van der Waals surface area contributed by atoms with Gasteiger partial charge in [0, 0.05) is 24.2 Å². The van der Waals surface area contributed by atoms with Crippen molar-refractivity contribution in [3.63, 3.8) is 0 Å². The fourth-order valence-electron chi connectivity index (χ4n) is 3.44. The Balaban J connectivity index is 1.65. The highest BCUT2D eigenvalue weighted by Gasteiger charge is 2.14. The number of benzene rings is 2. The highest BCUT2D eigenvalue weighted by Crippen LogP contribution is 2.19. The number of hydrogen-bond donors (Lipinski definition) is 1. The normalized spacial score (nSPS) is 13.7. The van der Waals surface area contributed by atoms with Gasteiger partial charge in [-0.15, -0.1) is 0 Å². The monoisotopic (exact) mass is 363 g/mol. The molecule has 2 aromatic carbocycles. The summed E-state index contributed by atoms with van der Waals surface area (Å²) < 4.78 is 6.89. The third-order valence-corrected chi connectivity index (χ3v) is 4.93. The Labute approximate surface area is 156 Å². The Morgan fingerprint density at radius 2 is 1.93 bits per heavy atom. The molecule has 0 saturated heterocycles. The number of hydrogen-bond acceptors (Lipinski definition) is 4. The van der Waals surface area contributed by atoms with E-state index in [1.165, 1.54) is 0 Å². The van der Waals surface area contributed by atoms with E-state index in [9.17, 15) is 9.59 Å². The molecule has 1 aromatic heterocycles. The third-order valence-electron chi connectivity index (χ3n) is 4.93. The number of ether oxygens (including phenoxy) is 1. The number of carbonyl (C=O) groups is 1. The van der Waals surface area contributed by atoms with E-state index in [4.69, 9.17) is 4.74 Å². The Morgan fingerprint density at radius 3 is 2.70 bits per heavy atom. The van der Waals surface area contributed by atoms with Crippen LogP contribution >= 0.6 is 0 Å². The van der Waals surface area contributed by atoms with Crippen LogP contribution in [0.3, 0.4) is 0 Å². The van der Waals surface area contributed by atoms with Crippen LogP contribution < -0.4 is 15.6 Å². The first-order valence-corrected chi connectivity index (χ1v) is 9.14. The minimum atomic E-state index is -0.236. The Kier molecular flexibility index (Phi) is 4.62. The number of aryl methyl sites for hydroxylation is 1. The van der Waals surface area contributed by atoms with Crippen molar-refractivity contribution in [3.8, 4) is 5.75 Å². The fourth-order valence-corrected chi connectivity index (χ4v) is 3.44. The van der Waals surface area contributed by atoms with Crippen molar-refractivity contribution in [2.24, 2.45) is 0 Å². The topological polar surface area (TPSA) is 73.2 Å². The number of nitrogens with zero attached hydrogens (tertiary/aromatic N) is 2. The summed E-state index contributed by atoms with van der Waals surface area (Å²) in [4.78, 5) is 30.0. The molecule has 0 bridgehead atoms. The molecule has 0 spiro atoms. The Bertz CT molecular complexity index is 1050. The first-order valence-electron chi connectivity index (χ1n) is 9.14. The van der Waals surface area contributed by atoms with Crippen molar-refractivity contribution in [2.75, 3.05) is 12.4 Å². The zero-order valence-corrected chi connectivity index (χ0v) is 15.2. The predicted molar refractivity (Wildman–Crippen MR) is 105 cm³/mol. The van der Waals surface area contributed by atoms with Gasteiger partial charge in [0.15, 0.2) is 0 Å². The van der Waals surface area contributed by atoms with Crippen molar-refractivity contribution in [1.82, 2.24) is 9.55 Å². The van der Waals surface area contributed by atoms with E-state index in [1.807, 2.05) is 0 Å². The number of nitrogens with one attached hydrogen (secondary N) is 1. The molecule has 1 amide bonds. The van der Waals surface area contributed by atoms with Crippen LogP contribution in [0.4, 0.5) is 5.69 Å². The number of carbonyl (C=O) groups excluding carboxylic acids is 1. The number of anilines is 1. The highest BCUT2D eigenvalue weighted by molar-refractivity contribution is 6.05. The van der Waals surface area contributed by atoms with E-state index >= 15 is 0 Å². The van der Waals surface area contributed by atoms with Crippen LogP contribution in [-0.2, 0) is 13.0 Å². The number of rotatable bonds is 3. The van der Waals surface area contributed by atoms with Crippen LogP contribution in [0.2, 0.25) is 0 Å². The van der Waals surface area contributed by atoms with E-state index in [0.29, 0.717) is 34.4 Å².